The molecular weight excluding hydrogens is 776 g/mol. The van der Waals surface area contributed by atoms with Crippen molar-refractivity contribution in [1.82, 2.24) is 0 Å². The van der Waals surface area contributed by atoms with Crippen LogP contribution in [-0.4, -0.2) is 6.61 Å². The van der Waals surface area contributed by atoms with Gasteiger partial charge in [-0.3, -0.25) is 4.52 Å². The molecule has 62 heavy (non-hydrogen) atoms. The molecule has 0 bridgehead atoms. The van der Waals surface area contributed by atoms with E-state index in [1.807, 2.05) is 0 Å². The third-order valence-electron chi connectivity index (χ3n) is 13.1. The summed E-state index contributed by atoms with van der Waals surface area (Å²) >= 11 is 0. The summed E-state index contributed by atoms with van der Waals surface area (Å²) in [5, 5.41) is 0. The van der Waals surface area contributed by atoms with Gasteiger partial charge in [-0.25, -0.2) is 0 Å². The third-order valence-corrected chi connectivity index (χ3v) is 14.2. The van der Waals surface area contributed by atoms with Crippen molar-refractivity contribution >= 4 is 8.60 Å². The highest BCUT2D eigenvalue weighted by Gasteiger charge is 2.23. The quantitative estimate of drug-likeness (QED) is 0.0490. The average molecular weight is 879 g/mol. The molecule has 0 heterocycles. The van der Waals surface area contributed by atoms with Gasteiger partial charge in [0.2, 0.25) is 0 Å². The monoisotopic (exact) mass is 879 g/mol. The summed E-state index contributed by atoms with van der Waals surface area (Å²) < 4.78 is 20.9. The molecule has 0 aromatic heterocycles. The van der Waals surface area contributed by atoms with E-state index in [2.05, 4.69) is 77.9 Å². The van der Waals surface area contributed by atoms with Crippen LogP contribution in [-0.2, 0) is 30.2 Å². The summed E-state index contributed by atoms with van der Waals surface area (Å²) in [5.41, 5.74) is 5.78. The third kappa shape index (κ3) is 29.1. The van der Waals surface area contributed by atoms with Crippen molar-refractivity contribution in [3.8, 4) is 11.5 Å². The molecule has 0 aliphatic carbocycles. The normalized spacial score (nSPS) is 11.7. The van der Waals surface area contributed by atoms with E-state index in [9.17, 15) is 0 Å². The van der Waals surface area contributed by atoms with Gasteiger partial charge in [-0.1, -0.05) is 252 Å². The molecule has 2 aromatic rings. The Hall–Kier alpha value is -1.57. The first kappa shape index (κ1) is 56.6. The minimum absolute atomic E-state index is 0.686. The second kappa shape index (κ2) is 40.9. The van der Waals surface area contributed by atoms with E-state index in [0.717, 1.165) is 49.5 Å². The van der Waals surface area contributed by atoms with Crippen LogP contribution >= 0.6 is 8.60 Å². The summed E-state index contributed by atoms with van der Waals surface area (Å²) in [4.78, 5) is 0. The number of hydrogen-bond donors (Lipinski definition) is 0. The van der Waals surface area contributed by atoms with E-state index in [-0.39, 0.29) is 0 Å². The Morgan fingerprint density at radius 1 is 0.371 bits per heavy atom. The van der Waals surface area contributed by atoms with Crippen LogP contribution < -0.4 is 9.05 Å². The van der Waals surface area contributed by atoms with Crippen LogP contribution in [0.1, 0.15) is 282 Å². The molecule has 0 aliphatic rings. The molecule has 0 saturated carbocycles. The Morgan fingerprint density at radius 3 is 1.06 bits per heavy atom. The van der Waals surface area contributed by atoms with E-state index in [1.54, 1.807) is 0 Å². The van der Waals surface area contributed by atoms with Crippen molar-refractivity contribution in [2.75, 3.05) is 6.61 Å². The standard InChI is InChI=1S/C58H103O3P/c1-7-11-15-19-23-29-35-43-53-45-40-49-57(55(53)47-37-31-25-21-17-13-9-3)60-62(59-51-39-33-27-28-34-42-52(5)6)61-58-50-41-46-54(44-36-30-24-20-16-12-8-2)56(58)48-38-32-26-22-18-14-10-4/h40-41,45-46,49-50,52H,7-39,42-44,47-48,51H2,1-6H3. The Morgan fingerprint density at radius 2 is 0.694 bits per heavy atom. The zero-order chi connectivity index (χ0) is 44.6. The lowest BCUT2D eigenvalue weighted by molar-refractivity contribution is 0.257. The van der Waals surface area contributed by atoms with Crippen molar-refractivity contribution < 1.29 is 13.6 Å². The molecular formula is C58H103O3P. The SMILES string of the molecule is CCCCCCCCCc1cccc(OP(OCCCCCCCC(C)C)Oc2cccc(CCCCCCCCC)c2CCCCCCCCC)c1CCCCCCCCC. The number of aryl methyl sites for hydroxylation is 2. The smallest absolute Gasteiger partial charge is 0.417 e. The van der Waals surface area contributed by atoms with Gasteiger partial charge >= 0.3 is 8.60 Å². The molecule has 0 spiro atoms. The number of unbranched alkanes of at least 4 members (excludes halogenated alkanes) is 28. The minimum atomic E-state index is -1.61. The molecule has 0 unspecified atom stereocenters. The summed E-state index contributed by atoms with van der Waals surface area (Å²) in [6, 6.07) is 13.7. The fourth-order valence-corrected chi connectivity index (χ4v) is 10.1. The highest BCUT2D eigenvalue weighted by molar-refractivity contribution is 7.42. The van der Waals surface area contributed by atoms with E-state index in [4.69, 9.17) is 13.6 Å². The molecule has 358 valence electrons. The Labute approximate surface area is 388 Å². The van der Waals surface area contributed by atoms with E-state index >= 15 is 0 Å². The molecule has 0 fully saturated rings. The topological polar surface area (TPSA) is 27.7 Å². The molecule has 0 amide bonds. The van der Waals surface area contributed by atoms with Gasteiger partial charge in [-0.05, 0) is 98.1 Å². The second-order valence-electron chi connectivity index (χ2n) is 19.5. The van der Waals surface area contributed by atoms with Gasteiger partial charge in [0.15, 0.2) is 0 Å². The molecule has 0 atom stereocenters. The van der Waals surface area contributed by atoms with Gasteiger partial charge in [0.05, 0.1) is 6.61 Å². The summed E-state index contributed by atoms with van der Waals surface area (Å²) in [6.07, 6.45) is 49.2. The van der Waals surface area contributed by atoms with Crippen molar-refractivity contribution in [3.63, 3.8) is 0 Å². The van der Waals surface area contributed by atoms with Crippen LogP contribution in [0.5, 0.6) is 11.5 Å². The van der Waals surface area contributed by atoms with Gasteiger partial charge in [-0.15, -0.1) is 0 Å². The molecule has 0 radical (unpaired) electrons. The highest BCUT2D eigenvalue weighted by atomic mass is 31.2. The summed E-state index contributed by atoms with van der Waals surface area (Å²) in [6.45, 7) is 14.6. The van der Waals surface area contributed by atoms with Crippen LogP contribution in [0, 0.1) is 5.92 Å². The fraction of sp³-hybridized carbons (Fsp3) is 0.793. The molecule has 0 N–H and O–H groups in total. The average Bonchev–Trinajstić information content (AvgIpc) is 3.27. The van der Waals surface area contributed by atoms with Crippen LogP contribution in [0.3, 0.4) is 0 Å². The lowest BCUT2D eigenvalue weighted by Gasteiger charge is -2.23. The summed E-state index contributed by atoms with van der Waals surface area (Å²) in [5.74, 6) is 2.80. The maximum absolute atomic E-state index is 7.08. The second-order valence-corrected chi connectivity index (χ2v) is 20.5. The maximum atomic E-state index is 7.08. The minimum Gasteiger partial charge on any atom is -0.417 e. The van der Waals surface area contributed by atoms with E-state index in [0.29, 0.717) is 6.61 Å². The van der Waals surface area contributed by atoms with Gasteiger partial charge < -0.3 is 9.05 Å². The molecule has 3 nitrogen and oxygen atoms in total. The number of hydrogen-bond acceptors (Lipinski definition) is 3. The van der Waals surface area contributed by atoms with Crippen molar-refractivity contribution in [3.05, 3.63) is 58.7 Å². The molecule has 2 aromatic carbocycles. The van der Waals surface area contributed by atoms with Crippen LogP contribution in [0.25, 0.3) is 0 Å². The molecule has 2 rings (SSSR count). The van der Waals surface area contributed by atoms with E-state index < -0.39 is 8.60 Å². The molecule has 4 heteroatoms. The van der Waals surface area contributed by atoms with Gasteiger partial charge in [0.1, 0.15) is 11.5 Å². The van der Waals surface area contributed by atoms with Gasteiger partial charge in [0.25, 0.3) is 0 Å². The predicted octanol–water partition coefficient (Wildman–Crippen LogP) is 20.6. The lowest BCUT2D eigenvalue weighted by Crippen LogP contribution is -2.07. The van der Waals surface area contributed by atoms with E-state index in [1.165, 1.54) is 234 Å². The molecule has 0 aliphatic heterocycles. The number of benzene rings is 2. The van der Waals surface area contributed by atoms with Crippen LogP contribution in [0.15, 0.2) is 36.4 Å². The Bertz CT molecular complexity index is 1190. The van der Waals surface area contributed by atoms with Gasteiger partial charge in [-0.2, -0.15) is 0 Å². The van der Waals surface area contributed by atoms with Crippen molar-refractivity contribution in [1.29, 1.82) is 0 Å². The van der Waals surface area contributed by atoms with Crippen LogP contribution in [0.2, 0.25) is 0 Å². The zero-order valence-electron chi connectivity index (χ0n) is 42.3. The summed E-state index contributed by atoms with van der Waals surface area (Å²) in [7, 11) is -1.61. The highest BCUT2D eigenvalue weighted by Crippen LogP contribution is 2.45. The first-order valence-corrected chi connectivity index (χ1v) is 28.6. The van der Waals surface area contributed by atoms with Crippen LogP contribution in [0.4, 0.5) is 0 Å². The van der Waals surface area contributed by atoms with Crippen molar-refractivity contribution in [2.24, 2.45) is 5.92 Å². The predicted molar refractivity (Wildman–Crippen MR) is 276 cm³/mol. The number of rotatable bonds is 45. The first-order chi connectivity index (χ1) is 30.5. The van der Waals surface area contributed by atoms with Gasteiger partial charge in [0, 0.05) is 0 Å². The maximum Gasteiger partial charge on any atom is 0.463 e. The Kier molecular flexibility index (Phi) is 37.3. The molecule has 0 saturated heterocycles. The lowest BCUT2D eigenvalue weighted by atomic mass is 9.95. The Balaban J connectivity index is 2.34. The largest absolute Gasteiger partial charge is 0.463 e. The van der Waals surface area contributed by atoms with Crippen molar-refractivity contribution in [2.45, 2.75) is 286 Å². The first-order valence-electron chi connectivity index (χ1n) is 27.5. The zero-order valence-corrected chi connectivity index (χ0v) is 43.2. The fourth-order valence-electron chi connectivity index (χ4n) is 9.05.